The number of benzene rings is 2. The van der Waals surface area contributed by atoms with Crippen LogP contribution in [0.15, 0.2) is 42.5 Å². The molecule has 2 aromatic rings. The number of para-hydroxylation sites is 1. The van der Waals surface area contributed by atoms with E-state index in [-0.39, 0.29) is 0 Å². The van der Waals surface area contributed by atoms with Gasteiger partial charge in [0, 0.05) is 12.2 Å². The minimum atomic E-state index is 0.506. The summed E-state index contributed by atoms with van der Waals surface area (Å²) < 4.78 is 0. The molecule has 0 spiro atoms. The quantitative estimate of drug-likeness (QED) is 0.762. The topological polar surface area (TPSA) is 20.3 Å². The second-order valence-corrected chi connectivity index (χ2v) is 4.73. The lowest BCUT2D eigenvalue weighted by Gasteiger charge is -2.21. The standard InChI is InChI=1S/C15H12ClNO/c16-13-5-3-7-15(12(13)10-18)17-9-8-11-4-1-2-6-14(11)17/h1-7,10H,8-9H2. The van der Waals surface area contributed by atoms with Gasteiger partial charge in [-0.2, -0.15) is 0 Å². The van der Waals surface area contributed by atoms with Crippen molar-refractivity contribution >= 4 is 29.3 Å². The van der Waals surface area contributed by atoms with Crippen LogP contribution < -0.4 is 4.90 Å². The molecule has 0 unspecified atom stereocenters. The Hall–Kier alpha value is -1.80. The predicted molar refractivity (Wildman–Crippen MR) is 74.0 cm³/mol. The zero-order chi connectivity index (χ0) is 12.5. The lowest BCUT2D eigenvalue weighted by molar-refractivity contribution is 0.112. The number of hydrogen-bond donors (Lipinski definition) is 0. The molecule has 0 aromatic heterocycles. The van der Waals surface area contributed by atoms with E-state index >= 15 is 0 Å². The average Bonchev–Trinajstić information content (AvgIpc) is 2.82. The summed E-state index contributed by atoms with van der Waals surface area (Å²) in [7, 11) is 0. The van der Waals surface area contributed by atoms with Gasteiger partial charge in [0.2, 0.25) is 0 Å². The van der Waals surface area contributed by atoms with Crippen LogP contribution in [0.3, 0.4) is 0 Å². The summed E-state index contributed by atoms with van der Waals surface area (Å²) in [4.78, 5) is 13.4. The summed E-state index contributed by atoms with van der Waals surface area (Å²) in [5.41, 5.74) is 3.94. The van der Waals surface area contributed by atoms with Crippen LogP contribution in [-0.2, 0) is 6.42 Å². The van der Waals surface area contributed by atoms with Gasteiger partial charge in [-0.1, -0.05) is 35.9 Å². The Morgan fingerprint density at radius 1 is 1.06 bits per heavy atom. The monoisotopic (exact) mass is 257 g/mol. The molecule has 1 aliphatic rings. The maximum absolute atomic E-state index is 11.2. The SMILES string of the molecule is O=Cc1c(Cl)cccc1N1CCc2ccccc21. The summed E-state index contributed by atoms with van der Waals surface area (Å²) in [6.07, 6.45) is 1.83. The third-order valence-electron chi connectivity index (χ3n) is 3.33. The van der Waals surface area contributed by atoms with Gasteiger partial charge in [0.25, 0.3) is 0 Å². The number of halogens is 1. The molecule has 3 rings (SSSR count). The molecule has 0 atom stereocenters. The van der Waals surface area contributed by atoms with Crippen LogP contribution in [0.4, 0.5) is 11.4 Å². The summed E-state index contributed by atoms with van der Waals surface area (Å²) in [5.74, 6) is 0. The van der Waals surface area contributed by atoms with Crippen molar-refractivity contribution in [2.75, 3.05) is 11.4 Å². The summed E-state index contributed by atoms with van der Waals surface area (Å²) in [6, 6.07) is 13.8. The van der Waals surface area contributed by atoms with E-state index in [1.54, 1.807) is 6.07 Å². The van der Waals surface area contributed by atoms with Crippen molar-refractivity contribution in [2.45, 2.75) is 6.42 Å². The van der Waals surface area contributed by atoms with Crippen LogP contribution in [0.2, 0.25) is 5.02 Å². The molecule has 3 heteroatoms. The fourth-order valence-electron chi connectivity index (χ4n) is 2.47. The van der Waals surface area contributed by atoms with Crippen molar-refractivity contribution < 1.29 is 4.79 Å². The van der Waals surface area contributed by atoms with Gasteiger partial charge in [-0.3, -0.25) is 4.79 Å². The van der Waals surface area contributed by atoms with Crippen molar-refractivity contribution in [1.29, 1.82) is 0 Å². The Morgan fingerprint density at radius 2 is 1.83 bits per heavy atom. The second kappa shape index (κ2) is 4.46. The van der Waals surface area contributed by atoms with Gasteiger partial charge in [0.05, 0.1) is 16.3 Å². The largest absolute Gasteiger partial charge is 0.340 e. The maximum Gasteiger partial charge on any atom is 0.153 e. The molecule has 1 heterocycles. The van der Waals surface area contributed by atoms with E-state index in [1.165, 1.54) is 11.3 Å². The van der Waals surface area contributed by atoms with Crippen molar-refractivity contribution in [3.63, 3.8) is 0 Å². The normalized spacial score (nSPS) is 13.5. The Balaban J connectivity index is 2.13. The van der Waals surface area contributed by atoms with Crippen LogP contribution in [0.1, 0.15) is 15.9 Å². The third kappa shape index (κ3) is 1.70. The van der Waals surface area contributed by atoms with E-state index in [1.807, 2.05) is 24.3 Å². The second-order valence-electron chi connectivity index (χ2n) is 4.32. The van der Waals surface area contributed by atoms with Crippen molar-refractivity contribution in [3.05, 3.63) is 58.6 Å². The molecule has 1 aliphatic heterocycles. The fourth-order valence-corrected chi connectivity index (χ4v) is 2.68. The Bertz CT molecular complexity index is 609. The molecule has 90 valence electrons. The van der Waals surface area contributed by atoms with Crippen LogP contribution in [0, 0.1) is 0 Å². The molecule has 2 nitrogen and oxygen atoms in total. The average molecular weight is 258 g/mol. The van der Waals surface area contributed by atoms with Gasteiger partial charge in [-0.15, -0.1) is 0 Å². The van der Waals surface area contributed by atoms with E-state index in [4.69, 9.17) is 11.6 Å². The van der Waals surface area contributed by atoms with Gasteiger partial charge < -0.3 is 4.90 Å². The highest BCUT2D eigenvalue weighted by molar-refractivity contribution is 6.33. The molecule has 0 aliphatic carbocycles. The summed E-state index contributed by atoms with van der Waals surface area (Å²) in [6.45, 7) is 0.889. The molecule has 0 saturated heterocycles. The predicted octanol–water partition coefficient (Wildman–Crippen LogP) is 3.85. The Labute approximate surface area is 111 Å². The van der Waals surface area contributed by atoms with Gasteiger partial charge in [-0.25, -0.2) is 0 Å². The number of anilines is 2. The highest BCUT2D eigenvalue weighted by Gasteiger charge is 2.22. The lowest BCUT2D eigenvalue weighted by atomic mass is 10.1. The molecule has 0 saturated carbocycles. The smallest absolute Gasteiger partial charge is 0.153 e. The van der Waals surface area contributed by atoms with Crippen molar-refractivity contribution in [1.82, 2.24) is 0 Å². The third-order valence-corrected chi connectivity index (χ3v) is 3.66. The van der Waals surface area contributed by atoms with E-state index in [9.17, 15) is 4.79 Å². The number of aldehydes is 1. The summed E-state index contributed by atoms with van der Waals surface area (Å²) in [5, 5.41) is 0.506. The van der Waals surface area contributed by atoms with Crippen LogP contribution in [0.5, 0.6) is 0 Å². The van der Waals surface area contributed by atoms with Gasteiger partial charge in [0.1, 0.15) is 0 Å². The first-order valence-electron chi connectivity index (χ1n) is 5.90. The van der Waals surface area contributed by atoms with E-state index in [0.717, 1.165) is 24.9 Å². The molecule has 0 radical (unpaired) electrons. The van der Waals surface area contributed by atoms with Crippen molar-refractivity contribution in [2.24, 2.45) is 0 Å². The first-order valence-corrected chi connectivity index (χ1v) is 6.28. The first kappa shape index (κ1) is 11.3. The number of carbonyl (C=O) groups is 1. The molecular formula is C15H12ClNO. The zero-order valence-electron chi connectivity index (χ0n) is 9.77. The van der Waals surface area contributed by atoms with Gasteiger partial charge in [0.15, 0.2) is 6.29 Å². The maximum atomic E-state index is 11.2. The molecule has 0 fully saturated rings. The number of hydrogen-bond acceptors (Lipinski definition) is 2. The minimum Gasteiger partial charge on any atom is -0.340 e. The number of nitrogens with zero attached hydrogens (tertiary/aromatic N) is 1. The molecular weight excluding hydrogens is 246 g/mol. The highest BCUT2D eigenvalue weighted by Crippen LogP contribution is 2.37. The molecule has 18 heavy (non-hydrogen) atoms. The zero-order valence-corrected chi connectivity index (χ0v) is 10.5. The van der Waals surface area contributed by atoms with E-state index in [0.29, 0.717) is 10.6 Å². The van der Waals surface area contributed by atoms with Crippen LogP contribution in [-0.4, -0.2) is 12.8 Å². The number of rotatable bonds is 2. The van der Waals surface area contributed by atoms with Gasteiger partial charge in [-0.05, 0) is 30.2 Å². The molecule has 0 N–H and O–H groups in total. The number of carbonyl (C=O) groups excluding carboxylic acids is 1. The highest BCUT2D eigenvalue weighted by atomic mass is 35.5. The van der Waals surface area contributed by atoms with Crippen LogP contribution in [0.25, 0.3) is 0 Å². The molecule has 0 amide bonds. The Morgan fingerprint density at radius 3 is 2.67 bits per heavy atom. The fraction of sp³-hybridized carbons (Fsp3) is 0.133. The van der Waals surface area contributed by atoms with Gasteiger partial charge >= 0.3 is 0 Å². The molecule has 2 aromatic carbocycles. The lowest BCUT2D eigenvalue weighted by Crippen LogP contribution is -2.15. The molecule has 0 bridgehead atoms. The number of fused-ring (bicyclic) bond motifs is 1. The summed E-state index contributed by atoms with van der Waals surface area (Å²) >= 11 is 6.08. The van der Waals surface area contributed by atoms with E-state index < -0.39 is 0 Å². The van der Waals surface area contributed by atoms with Crippen molar-refractivity contribution in [3.8, 4) is 0 Å². The van der Waals surface area contributed by atoms with Crippen LogP contribution >= 0.6 is 11.6 Å². The van der Waals surface area contributed by atoms with E-state index in [2.05, 4.69) is 17.0 Å². The minimum absolute atomic E-state index is 0.506. The Kier molecular flexibility index (Phi) is 2.80. The first-order chi connectivity index (χ1) is 8.81.